The van der Waals surface area contributed by atoms with E-state index in [1.54, 1.807) is 11.8 Å². The summed E-state index contributed by atoms with van der Waals surface area (Å²) in [7, 11) is 0. The van der Waals surface area contributed by atoms with E-state index in [2.05, 4.69) is 0 Å². The average Bonchev–Trinajstić information content (AvgIpc) is 2.82. The predicted octanol–water partition coefficient (Wildman–Crippen LogP) is 1.59. The molecule has 1 atom stereocenters. The molecular weight excluding hydrogens is 258 g/mol. The van der Waals surface area contributed by atoms with E-state index in [9.17, 15) is 9.59 Å². The van der Waals surface area contributed by atoms with E-state index in [0.717, 1.165) is 5.56 Å². The number of esters is 1. The summed E-state index contributed by atoms with van der Waals surface area (Å²) < 4.78 is 10.8. The summed E-state index contributed by atoms with van der Waals surface area (Å²) in [4.78, 5) is 24.8. The van der Waals surface area contributed by atoms with Crippen LogP contribution in [0.2, 0.25) is 0 Å². The van der Waals surface area contributed by atoms with Crippen LogP contribution < -0.4 is 0 Å². The van der Waals surface area contributed by atoms with Crippen LogP contribution in [0.25, 0.3) is 0 Å². The summed E-state index contributed by atoms with van der Waals surface area (Å²) in [6.07, 6.45) is 0.213. The zero-order chi connectivity index (χ0) is 14.1. The molecule has 1 unspecified atom stereocenters. The third kappa shape index (κ3) is 2.27. The van der Waals surface area contributed by atoms with Crippen LogP contribution in [0.5, 0.6) is 0 Å². The predicted molar refractivity (Wildman–Crippen MR) is 70.1 cm³/mol. The normalized spacial score (nSPS) is 22.8. The van der Waals surface area contributed by atoms with E-state index in [4.69, 9.17) is 9.47 Å². The summed E-state index contributed by atoms with van der Waals surface area (Å²) >= 11 is 0. The molecule has 1 aromatic rings. The van der Waals surface area contributed by atoms with Gasteiger partial charge in [0.2, 0.25) is 5.91 Å². The Labute approximate surface area is 116 Å². The average molecular weight is 273 g/mol. The number of carbonyl (C=O) groups excluding carboxylic acids is 2. The van der Waals surface area contributed by atoms with Crippen molar-refractivity contribution in [1.29, 1.82) is 0 Å². The van der Waals surface area contributed by atoms with Gasteiger partial charge in [0, 0.05) is 0 Å². The number of fused-ring (bicyclic) bond motifs is 1. The highest BCUT2D eigenvalue weighted by molar-refractivity contribution is 5.89. The summed E-state index contributed by atoms with van der Waals surface area (Å²) in [5, 5.41) is 0. The number of rotatable bonds is 3. The number of carbonyl (C=O) groups is 2. The molecule has 1 aromatic carbocycles. The molecule has 0 bridgehead atoms. The number of β-lactam (4-membered cyclic amide) rings is 1. The van der Waals surface area contributed by atoms with Gasteiger partial charge in [-0.05, 0) is 12.5 Å². The lowest BCUT2D eigenvalue weighted by atomic mass is 10.2. The highest BCUT2D eigenvalue weighted by Crippen LogP contribution is 2.32. The van der Waals surface area contributed by atoms with Crippen molar-refractivity contribution in [2.75, 3.05) is 6.54 Å². The topological polar surface area (TPSA) is 55.8 Å². The number of nitrogens with zero attached hydrogens (tertiary/aromatic N) is 1. The molecule has 5 heteroatoms. The Balaban J connectivity index is 1.61. The summed E-state index contributed by atoms with van der Waals surface area (Å²) in [5.41, 5.74) is 1.37. The molecule has 0 N–H and O–H groups in total. The minimum Gasteiger partial charge on any atom is -0.472 e. The summed E-state index contributed by atoms with van der Waals surface area (Å²) in [6, 6.07) is 9.49. The zero-order valence-electron chi connectivity index (χ0n) is 11.2. The van der Waals surface area contributed by atoms with Gasteiger partial charge in [-0.25, -0.2) is 4.79 Å². The highest BCUT2D eigenvalue weighted by atomic mass is 16.5. The lowest BCUT2D eigenvalue weighted by Gasteiger charge is -2.30. The van der Waals surface area contributed by atoms with Gasteiger partial charge in [-0.2, -0.15) is 0 Å². The molecular formula is C15H15NO4. The van der Waals surface area contributed by atoms with Crippen molar-refractivity contribution < 1.29 is 19.1 Å². The first-order valence-electron chi connectivity index (χ1n) is 6.52. The lowest BCUT2D eigenvalue weighted by molar-refractivity contribution is -0.154. The first kappa shape index (κ1) is 12.7. The van der Waals surface area contributed by atoms with Crippen molar-refractivity contribution in [3.8, 4) is 0 Å². The summed E-state index contributed by atoms with van der Waals surface area (Å²) in [5.74, 6) is 0.202. The molecule has 2 fully saturated rings. The van der Waals surface area contributed by atoms with Crippen molar-refractivity contribution in [3.63, 3.8) is 0 Å². The van der Waals surface area contributed by atoms with Crippen LogP contribution in [0.3, 0.4) is 0 Å². The maximum Gasteiger partial charge on any atom is 0.337 e. The van der Waals surface area contributed by atoms with Gasteiger partial charge >= 0.3 is 5.97 Å². The SMILES string of the molecule is CC(C(=O)OCc1ccccc1)=C1CN2C(=O)CC2O1. The van der Waals surface area contributed by atoms with Gasteiger partial charge in [-0.1, -0.05) is 30.3 Å². The van der Waals surface area contributed by atoms with Gasteiger partial charge in [0.15, 0.2) is 6.23 Å². The minimum absolute atomic E-state index is 0.0652. The smallest absolute Gasteiger partial charge is 0.337 e. The van der Waals surface area contributed by atoms with Crippen molar-refractivity contribution in [1.82, 2.24) is 4.90 Å². The molecule has 2 heterocycles. The van der Waals surface area contributed by atoms with Gasteiger partial charge in [0.1, 0.15) is 12.4 Å². The van der Waals surface area contributed by atoms with Gasteiger partial charge in [0.05, 0.1) is 18.5 Å². The molecule has 2 aliphatic rings. The molecule has 2 saturated heterocycles. The second kappa shape index (κ2) is 5.00. The van der Waals surface area contributed by atoms with Gasteiger partial charge in [-0.3, -0.25) is 9.69 Å². The molecule has 20 heavy (non-hydrogen) atoms. The fourth-order valence-corrected chi connectivity index (χ4v) is 2.23. The standard InChI is InChI=1S/C15H15NO4/c1-10(12-8-16-13(17)7-14(16)20-12)15(18)19-9-11-5-3-2-4-6-11/h2-6,14H,7-9H2,1H3. The van der Waals surface area contributed by atoms with Crippen molar-refractivity contribution in [3.05, 3.63) is 47.2 Å². The van der Waals surface area contributed by atoms with Crippen LogP contribution in [0.15, 0.2) is 41.7 Å². The number of hydrogen-bond donors (Lipinski definition) is 0. The Morgan fingerprint density at radius 3 is 2.80 bits per heavy atom. The zero-order valence-corrected chi connectivity index (χ0v) is 11.2. The van der Waals surface area contributed by atoms with Crippen LogP contribution in [-0.2, 0) is 25.7 Å². The van der Waals surface area contributed by atoms with Crippen LogP contribution >= 0.6 is 0 Å². The maximum atomic E-state index is 12.0. The Morgan fingerprint density at radius 2 is 2.15 bits per heavy atom. The Bertz CT molecular complexity index is 579. The molecule has 3 rings (SSSR count). The third-order valence-corrected chi connectivity index (χ3v) is 3.55. The lowest BCUT2D eigenvalue weighted by Crippen LogP contribution is -2.48. The fraction of sp³-hybridized carbons (Fsp3) is 0.333. The van der Waals surface area contributed by atoms with E-state index < -0.39 is 5.97 Å². The molecule has 0 spiro atoms. The molecule has 0 radical (unpaired) electrons. The van der Waals surface area contributed by atoms with Crippen LogP contribution in [-0.4, -0.2) is 29.5 Å². The van der Waals surface area contributed by atoms with Gasteiger partial charge in [-0.15, -0.1) is 0 Å². The number of hydrogen-bond acceptors (Lipinski definition) is 4. The number of amides is 1. The maximum absolute atomic E-state index is 12.0. The van der Waals surface area contributed by atoms with E-state index >= 15 is 0 Å². The Morgan fingerprint density at radius 1 is 1.40 bits per heavy atom. The Hall–Kier alpha value is -2.30. The fourth-order valence-electron chi connectivity index (χ4n) is 2.23. The molecule has 104 valence electrons. The third-order valence-electron chi connectivity index (χ3n) is 3.55. The molecule has 2 aliphatic heterocycles. The monoisotopic (exact) mass is 273 g/mol. The quantitative estimate of drug-likeness (QED) is 0.477. The Kier molecular flexibility index (Phi) is 3.18. The largest absolute Gasteiger partial charge is 0.472 e. The van der Waals surface area contributed by atoms with E-state index in [1.807, 2.05) is 30.3 Å². The van der Waals surface area contributed by atoms with Gasteiger partial charge < -0.3 is 9.47 Å². The highest BCUT2D eigenvalue weighted by Gasteiger charge is 2.44. The van der Waals surface area contributed by atoms with Crippen LogP contribution in [0.4, 0.5) is 0 Å². The van der Waals surface area contributed by atoms with Crippen LogP contribution in [0, 0.1) is 0 Å². The van der Waals surface area contributed by atoms with Crippen molar-refractivity contribution in [2.24, 2.45) is 0 Å². The van der Waals surface area contributed by atoms with Crippen molar-refractivity contribution in [2.45, 2.75) is 26.2 Å². The molecule has 5 nitrogen and oxygen atoms in total. The molecule has 0 aromatic heterocycles. The molecule has 0 aliphatic carbocycles. The number of ether oxygens (including phenoxy) is 2. The van der Waals surface area contributed by atoms with E-state index in [0.29, 0.717) is 24.3 Å². The second-order valence-corrected chi connectivity index (χ2v) is 4.91. The molecule has 0 saturated carbocycles. The number of benzene rings is 1. The summed E-state index contributed by atoms with van der Waals surface area (Å²) in [6.45, 7) is 2.27. The van der Waals surface area contributed by atoms with Gasteiger partial charge in [0.25, 0.3) is 0 Å². The van der Waals surface area contributed by atoms with Crippen LogP contribution in [0.1, 0.15) is 18.9 Å². The molecule has 1 amide bonds. The second-order valence-electron chi connectivity index (χ2n) is 4.91. The first-order chi connectivity index (χ1) is 9.65. The van der Waals surface area contributed by atoms with E-state index in [-0.39, 0.29) is 18.7 Å². The van der Waals surface area contributed by atoms with E-state index in [1.165, 1.54) is 0 Å². The first-order valence-corrected chi connectivity index (χ1v) is 6.52. The minimum atomic E-state index is -0.404. The van der Waals surface area contributed by atoms with Crippen molar-refractivity contribution >= 4 is 11.9 Å².